The van der Waals surface area contributed by atoms with Crippen molar-refractivity contribution in [3.8, 4) is 0 Å². The molecule has 0 fully saturated rings. The van der Waals surface area contributed by atoms with E-state index in [2.05, 4.69) is 20.7 Å². The van der Waals surface area contributed by atoms with Crippen molar-refractivity contribution in [3.63, 3.8) is 0 Å². The Morgan fingerprint density at radius 1 is 1.37 bits per heavy atom. The molecule has 0 amide bonds. The van der Waals surface area contributed by atoms with Gasteiger partial charge in [-0.3, -0.25) is 0 Å². The minimum atomic E-state index is -3.90. The summed E-state index contributed by atoms with van der Waals surface area (Å²) in [5, 5.41) is 0. The van der Waals surface area contributed by atoms with E-state index >= 15 is 0 Å². The first-order valence-electron chi connectivity index (χ1n) is 5.89. The molecule has 1 rings (SSSR count). The Bertz CT molecular complexity index is 561. The molecule has 1 unspecified atom stereocenters. The standard InChI is InChI=1S/C12H18BrFN2O2S/c1-7(2)8(3)16-19(17,18)11-5-10(13)4-9(6-15)12(11)14/h4-5,7-8,16H,6,15H2,1-3H3. The number of nitrogens with two attached hydrogens (primary N) is 1. The monoisotopic (exact) mass is 352 g/mol. The van der Waals surface area contributed by atoms with Crippen molar-refractivity contribution < 1.29 is 12.8 Å². The van der Waals surface area contributed by atoms with Crippen molar-refractivity contribution in [2.75, 3.05) is 0 Å². The van der Waals surface area contributed by atoms with Crippen LogP contribution < -0.4 is 10.5 Å². The minimum Gasteiger partial charge on any atom is -0.326 e. The summed E-state index contributed by atoms with van der Waals surface area (Å²) in [6.45, 7) is 5.45. The van der Waals surface area contributed by atoms with Gasteiger partial charge in [-0.15, -0.1) is 0 Å². The van der Waals surface area contributed by atoms with Gasteiger partial charge in [-0.2, -0.15) is 0 Å². The van der Waals surface area contributed by atoms with E-state index in [1.165, 1.54) is 12.1 Å². The van der Waals surface area contributed by atoms with Gasteiger partial charge in [0.2, 0.25) is 10.0 Å². The lowest BCUT2D eigenvalue weighted by molar-refractivity contribution is 0.473. The minimum absolute atomic E-state index is 0.0620. The average Bonchev–Trinajstić information content (AvgIpc) is 2.30. The van der Waals surface area contributed by atoms with E-state index in [4.69, 9.17) is 5.73 Å². The van der Waals surface area contributed by atoms with Gasteiger partial charge in [-0.25, -0.2) is 17.5 Å². The van der Waals surface area contributed by atoms with E-state index in [0.717, 1.165) is 0 Å². The van der Waals surface area contributed by atoms with Gasteiger partial charge in [0.25, 0.3) is 0 Å². The summed E-state index contributed by atoms with van der Waals surface area (Å²) in [6, 6.07) is 2.43. The molecule has 0 radical (unpaired) electrons. The summed E-state index contributed by atoms with van der Waals surface area (Å²) in [4.78, 5) is -0.380. The summed E-state index contributed by atoms with van der Waals surface area (Å²) >= 11 is 3.16. The average molecular weight is 353 g/mol. The van der Waals surface area contributed by atoms with Gasteiger partial charge in [-0.1, -0.05) is 29.8 Å². The fourth-order valence-electron chi connectivity index (χ4n) is 1.41. The van der Waals surface area contributed by atoms with Gasteiger partial charge < -0.3 is 5.73 Å². The molecule has 0 aliphatic rings. The first kappa shape index (κ1) is 16.6. The Kier molecular flexibility index (Phi) is 5.49. The van der Waals surface area contributed by atoms with Crippen LogP contribution in [0.2, 0.25) is 0 Å². The summed E-state index contributed by atoms with van der Waals surface area (Å²) < 4.78 is 41.4. The highest BCUT2D eigenvalue weighted by Crippen LogP contribution is 2.24. The fourth-order valence-corrected chi connectivity index (χ4v) is 3.60. The highest BCUT2D eigenvalue weighted by molar-refractivity contribution is 9.10. The maximum atomic E-state index is 14.1. The quantitative estimate of drug-likeness (QED) is 0.854. The van der Waals surface area contributed by atoms with Crippen molar-refractivity contribution >= 4 is 26.0 Å². The number of hydrogen-bond donors (Lipinski definition) is 2. The third-order valence-electron chi connectivity index (χ3n) is 2.93. The number of nitrogens with one attached hydrogen (secondary N) is 1. The predicted molar refractivity (Wildman–Crippen MR) is 76.6 cm³/mol. The van der Waals surface area contributed by atoms with Crippen LogP contribution in [0.15, 0.2) is 21.5 Å². The molecule has 3 N–H and O–H groups in total. The zero-order chi connectivity index (χ0) is 14.8. The second-order valence-corrected chi connectivity index (χ2v) is 7.33. The Morgan fingerprint density at radius 2 is 1.95 bits per heavy atom. The van der Waals surface area contributed by atoms with E-state index in [-0.39, 0.29) is 29.0 Å². The molecule has 0 spiro atoms. The lowest BCUT2D eigenvalue weighted by atomic mass is 10.1. The molecule has 0 bridgehead atoms. The van der Waals surface area contributed by atoms with Crippen molar-refractivity contribution in [2.45, 2.75) is 38.3 Å². The first-order valence-corrected chi connectivity index (χ1v) is 8.17. The van der Waals surface area contributed by atoms with Crippen LogP contribution in [0.1, 0.15) is 26.3 Å². The van der Waals surface area contributed by atoms with E-state index in [1.54, 1.807) is 6.92 Å². The number of sulfonamides is 1. The predicted octanol–water partition coefficient (Wildman–Crippen LogP) is 2.37. The molecule has 0 aliphatic carbocycles. The molecule has 7 heteroatoms. The van der Waals surface area contributed by atoms with Gasteiger partial charge in [-0.05, 0) is 25.0 Å². The maximum absolute atomic E-state index is 14.1. The molecular formula is C12H18BrFN2O2S. The Labute approximate surface area is 121 Å². The summed E-state index contributed by atoms with van der Waals surface area (Å²) in [5.74, 6) is -0.687. The number of halogens is 2. The molecule has 4 nitrogen and oxygen atoms in total. The van der Waals surface area contributed by atoms with Crippen LogP contribution in [-0.4, -0.2) is 14.5 Å². The van der Waals surface area contributed by atoms with Gasteiger partial charge in [0.1, 0.15) is 10.7 Å². The van der Waals surface area contributed by atoms with Gasteiger partial charge >= 0.3 is 0 Å². The van der Waals surface area contributed by atoms with Crippen LogP contribution in [-0.2, 0) is 16.6 Å². The topological polar surface area (TPSA) is 72.2 Å². The zero-order valence-electron chi connectivity index (χ0n) is 11.1. The van der Waals surface area contributed by atoms with Gasteiger partial charge in [0.05, 0.1) is 0 Å². The third-order valence-corrected chi connectivity index (χ3v) is 4.95. The largest absolute Gasteiger partial charge is 0.326 e. The second kappa shape index (κ2) is 6.30. The number of rotatable bonds is 5. The second-order valence-electron chi connectivity index (χ2n) is 4.74. The summed E-state index contributed by atoms with van der Waals surface area (Å²) in [5.41, 5.74) is 5.56. The molecule has 0 heterocycles. The molecule has 108 valence electrons. The van der Waals surface area contributed by atoms with Crippen molar-refractivity contribution in [2.24, 2.45) is 11.7 Å². The Morgan fingerprint density at radius 3 is 2.42 bits per heavy atom. The molecule has 0 aliphatic heterocycles. The number of hydrogen-bond acceptors (Lipinski definition) is 3. The molecule has 1 atom stereocenters. The van der Waals surface area contributed by atoms with Crippen LogP contribution in [0, 0.1) is 11.7 Å². The normalized spacial score (nSPS) is 13.8. The Hall–Kier alpha value is -0.500. The number of benzene rings is 1. The highest BCUT2D eigenvalue weighted by atomic mass is 79.9. The van der Waals surface area contributed by atoms with Crippen LogP contribution in [0.3, 0.4) is 0 Å². The van der Waals surface area contributed by atoms with E-state index in [1.807, 2.05) is 13.8 Å². The van der Waals surface area contributed by atoms with E-state index < -0.39 is 15.8 Å². The fraction of sp³-hybridized carbons (Fsp3) is 0.500. The van der Waals surface area contributed by atoms with Crippen molar-refractivity contribution in [1.82, 2.24) is 4.72 Å². The first-order chi connectivity index (χ1) is 8.69. The highest BCUT2D eigenvalue weighted by Gasteiger charge is 2.24. The Balaban J connectivity index is 3.25. The maximum Gasteiger partial charge on any atom is 0.243 e. The molecule has 0 saturated carbocycles. The summed E-state index contributed by atoms with van der Waals surface area (Å²) in [7, 11) is -3.90. The molecule has 0 saturated heterocycles. The zero-order valence-corrected chi connectivity index (χ0v) is 13.5. The smallest absolute Gasteiger partial charge is 0.243 e. The lowest BCUT2D eigenvalue weighted by Crippen LogP contribution is -2.36. The van der Waals surface area contributed by atoms with E-state index in [0.29, 0.717) is 4.47 Å². The van der Waals surface area contributed by atoms with Gasteiger partial charge in [0, 0.05) is 22.6 Å². The molecule has 19 heavy (non-hydrogen) atoms. The summed E-state index contributed by atoms with van der Waals surface area (Å²) in [6.07, 6.45) is 0. The molecule has 0 aromatic heterocycles. The molecular weight excluding hydrogens is 335 g/mol. The van der Waals surface area contributed by atoms with Crippen LogP contribution in [0.5, 0.6) is 0 Å². The molecule has 1 aromatic carbocycles. The SMILES string of the molecule is CC(C)C(C)NS(=O)(=O)c1cc(Br)cc(CN)c1F. The van der Waals surface area contributed by atoms with E-state index in [9.17, 15) is 12.8 Å². The van der Waals surface area contributed by atoms with Gasteiger partial charge in [0.15, 0.2) is 0 Å². The van der Waals surface area contributed by atoms with Crippen LogP contribution >= 0.6 is 15.9 Å². The molecule has 1 aromatic rings. The third kappa shape index (κ3) is 3.98. The van der Waals surface area contributed by atoms with Crippen LogP contribution in [0.4, 0.5) is 4.39 Å². The van der Waals surface area contributed by atoms with Crippen molar-refractivity contribution in [1.29, 1.82) is 0 Å². The van der Waals surface area contributed by atoms with Crippen molar-refractivity contribution in [3.05, 3.63) is 28.0 Å². The van der Waals surface area contributed by atoms with Crippen LogP contribution in [0.25, 0.3) is 0 Å². The lowest BCUT2D eigenvalue weighted by Gasteiger charge is -2.18.